The van der Waals surface area contributed by atoms with Crippen LogP contribution in [0.5, 0.6) is 0 Å². The van der Waals surface area contributed by atoms with Crippen molar-refractivity contribution in [1.82, 2.24) is 10.6 Å². The summed E-state index contributed by atoms with van der Waals surface area (Å²) in [6, 6.07) is 7.05. The first-order valence-corrected chi connectivity index (χ1v) is 9.11. The Labute approximate surface area is 130 Å². The molecule has 5 nitrogen and oxygen atoms in total. The molecule has 1 saturated heterocycles. The Morgan fingerprint density at radius 3 is 2.62 bits per heavy atom. The molecule has 0 saturated carbocycles. The van der Waals surface area contributed by atoms with E-state index in [0.29, 0.717) is 31.0 Å². The van der Waals surface area contributed by atoms with E-state index in [1.807, 2.05) is 12.1 Å². The van der Waals surface area contributed by atoms with E-state index < -0.39 is 9.84 Å². The third-order valence-corrected chi connectivity index (χ3v) is 5.52. The fourth-order valence-electron chi connectivity index (χ4n) is 2.27. The summed E-state index contributed by atoms with van der Waals surface area (Å²) < 4.78 is 22.6. The molecule has 2 rings (SSSR count). The predicted molar refractivity (Wildman–Crippen MR) is 83.1 cm³/mol. The molecule has 7 heteroatoms. The number of rotatable bonds is 4. The van der Waals surface area contributed by atoms with Gasteiger partial charge in [-0.15, -0.1) is 0 Å². The molecular formula is C14H19ClN2O3S. The fourth-order valence-corrected chi connectivity index (χ4v) is 4.07. The van der Waals surface area contributed by atoms with Gasteiger partial charge in [-0.2, -0.15) is 0 Å². The molecule has 2 N–H and O–H groups in total. The summed E-state index contributed by atoms with van der Waals surface area (Å²) in [7, 11) is -2.85. The molecule has 1 aromatic carbocycles. The number of sulfone groups is 1. The monoisotopic (exact) mass is 330 g/mol. The molecule has 0 radical (unpaired) electrons. The Bertz CT molecular complexity index is 590. The van der Waals surface area contributed by atoms with Crippen LogP contribution in [0.25, 0.3) is 0 Å². The highest BCUT2D eigenvalue weighted by Crippen LogP contribution is 2.17. The summed E-state index contributed by atoms with van der Waals surface area (Å²) in [4.78, 5) is 11.7. The molecule has 0 aromatic heterocycles. The van der Waals surface area contributed by atoms with Crippen molar-refractivity contribution >= 4 is 27.5 Å². The number of carbonyl (C=O) groups is 1. The van der Waals surface area contributed by atoms with Crippen LogP contribution in [0.1, 0.15) is 18.4 Å². The lowest BCUT2D eigenvalue weighted by Crippen LogP contribution is -2.39. The average molecular weight is 331 g/mol. The third kappa shape index (κ3) is 5.55. The quantitative estimate of drug-likeness (QED) is 0.886. The smallest absolute Gasteiger partial charge is 0.315 e. The van der Waals surface area contributed by atoms with Crippen molar-refractivity contribution in [3.63, 3.8) is 0 Å². The van der Waals surface area contributed by atoms with Crippen LogP contribution in [0.3, 0.4) is 0 Å². The minimum atomic E-state index is -2.85. The van der Waals surface area contributed by atoms with Crippen LogP contribution in [0, 0.1) is 5.92 Å². The van der Waals surface area contributed by atoms with Gasteiger partial charge in [-0.25, -0.2) is 13.2 Å². The molecule has 0 unspecified atom stereocenters. The van der Waals surface area contributed by atoms with E-state index in [2.05, 4.69) is 10.6 Å². The molecule has 0 aliphatic carbocycles. The Kier molecular flexibility index (Phi) is 5.47. The first-order valence-electron chi connectivity index (χ1n) is 6.91. The van der Waals surface area contributed by atoms with Gasteiger partial charge < -0.3 is 10.6 Å². The maximum absolute atomic E-state index is 11.7. The van der Waals surface area contributed by atoms with E-state index in [1.54, 1.807) is 12.1 Å². The minimum absolute atomic E-state index is 0.226. The van der Waals surface area contributed by atoms with Gasteiger partial charge in [0.1, 0.15) is 9.84 Å². The van der Waals surface area contributed by atoms with E-state index in [4.69, 9.17) is 11.6 Å². The molecule has 0 atom stereocenters. The molecule has 0 bridgehead atoms. The molecular weight excluding hydrogens is 312 g/mol. The highest BCUT2D eigenvalue weighted by atomic mass is 35.5. The maximum atomic E-state index is 11.7. The van der Waals surface area contributed by atoms with E-state index in [-0.39, 0.29) is 23.5 Å². The summed E-state index contributed by atoms with van der Waals surface area (Å²) in [6.07, 6.45) is 1.24. The number of urea groups is 1. The second-order valence-corrected chi connectivity index (χ2v) is 8.03. The van der Waals surface area contributed by atoms with Gasteiger partial charge >= 0.3 is 6.03 Å². The minimum Gasteiger partial charge on any atom is -0.338 e. The summed E-state index contributed by atoms with van der Waals surface area (Å²) in [5, 5.41) is 6.18. The van der Waals surface area contributed by atoms with Gasteiger partial charge in [-0.1, -0.05) is 23.7 Å². The normalized spacial score (nSPS) is 18.1. The first kappa shape index (κ1) is 16.1. The van der Waals surface area contributed by atoms with Gasteiger partial charge in [-0.05, 0) is 36.5 Å². The largest absolute Gasteiger partial charge is 0.338 e. The third-order valence-electron chi connectivity index (χ3n) is 3.57. The van der Waals surface area contributed by atoms with E-state index in [9.17, 15) is 13.2 Å². The highest BCUT2D eigenvalue weighted by molar-refractivity contribution is 7.91. The molecule has 1 heterocycles. The van der Waals surface area contributed by atoms with Gasteiger partial charge in [0.05, 0.1) is 11.5 Å². The average Bonchev–Trinajstić information content (AvgIpc) is 2.44. The lowest BCUT2D eigenvalue weighted by molar-refractivity contribution is 0.238. The van der Waals surface area contributed by atoms with Crippen LogP contribution >= 0.6 is 11.6 Å². The van der Waals surface area contributed by atoms with Crippen LogP contribution in [-0.2, 0) is 16.4 Å². The number of halogens is 1. The van der Waals surface area contributed by atoms with E-state index in [1.165, 1.54) is 0 Å². The molecule has 1 aliphatic heterocycles. The Morgan fingerprint density at radius 2 is 1.95 bits per heavy atom. The Balaban J connectivity index is 1.68. The number of benzene rings is 1. The SMILES string of the molecule is O=C(NCc1cccc(Cl)c1)NCC1CCS(=O)(=O)CC1. The number of amides is 2. The number of carbonyl (C=O) groups excluding carboxylic acids is 1. The van der Waals surface area contributed by atoms with Crippen molar-refractivity contribution in [2.75, 3.05) is 18.1 Å². The zero-order valence-electron chi connectivity index (χ0n) is 11.6. The number of nitrogens with one attached hydrogen (secondary N) is 2. The fraction of sp³-hybridized carbons (Fsp3) is 0.500. The van der Waals surface area contributed by atoms with Gasteiger partial charge in [0.15, 0.2) is 0 Å². The predicted octanol–water partition coefficient (Wildman–Crippen LogP) is 1.96. The summed E-state index contributed by atoms with van der Waals surface area (Å²) >= 11 is 5.87. The second kappa shape index (κ2) is 7.13. The Hall–Kier alpha value is -1.27. The van der Waals surface area contributed by atoms with Crippen LogP contribution in [0.4, 0.5) is 4.79 Å². The summed E-state index contributed by atoms with van der Waals surface area (Å²) in [5.74, 6) is 0.693. The number of hydrogen-bond acceptors (Lipinski definition) is 3. The zero-order chi connectivity index (χ0) is 15.3. The van der Waals surface area contributed by atoms with Gasteiger partial charge in [0.25, 0.3) is 0 Å². The van der Waals surface area contributed by atoms with Gasteiger partial charge in [0, 0.05) is 18.1 Å². The molecule has 116 valence electrons. The summed E-state index contributed by atoms with van der Waals surface area (Å²) in [5.41, 5.74) is 0.932. The maximum Gasteiger partial charge on any atom is 0.315 e. The molecule has 1 fully saturated rings. The highest BCUT2D eigenvalue weighted by Gasteiger charge is 2.23. The Morgan fingerprint density at radius 1 is 1.24 bits per heavy atom. The van der Waals surface area contributed by atoms with Crippen LogP contribution in [0.15, 0.2) is 24.3 Å². The molecule has 1 aliphatic rings. The van der Waals surface area contributed by atoms with Gasteiger partial charge in [-0.3, -0.25) is 0 Å². The van der Waals surface area contributed by atoms with Crippen molar-refractivity contribution in [1.29, 1.82) is 0 Å². The van der Waals surface area contributed by atoms with Gasteiger partial charge in [0.2, 0.25) is 0 Å². The van der Waals surface area contributed by atoms with Crippen molar-refractivity contribution in [3.05, 3.63) is 34.9 Å². The standard InChI is InChI=1S/C14H19ClN2O3S/c15-13-3-1-2-12(8-13)10-17-14(18)16-9-11-4-6-21(19,20)7-5-11/h1-3,8,11H,4-7,9-10H2,(H2,16,17,18). The molecule has 2 amide bonds. The lowest BCUT2D eigenvalue weighted by atomic mass is 10.0. The van der Waals surface area contributed by atoms with Crippen molar-refractivity contribution in [2.24, 2.45) is 5.92 Å². The van der Waals surface area contributed by atoms with Crippen LogP contribution in [0.2, 0.25) is 5.02 Å². The van der Waals surface area contributed by atoms with E-state index in [0.717, 1.165) is 5.56 Å². The number of hydrogen-bond donors (Lipinski definition) is 2. The topological polar surface area (TPSA) is 75.3 Å². The first-order chi connectivity index (χ1) is 9.94. The molecule has 1 aromatic rings. The summed E-state index contributed by atoms with van der Waals surface area (Å²) in [6.45, 7) is 0.919. The lowest BCUT2D eigenvalue weighted by Gasteiger charge is -2.22. The second-order valence-electron chi connectivity index (χ2n) is 5.29. The zero-order valence-corrected chi connectivity index (χ0v) is 13.2. The van der Waals surface area contributed by atoms with Crippen LogP contribution in [-0.4, -0.2) is 32.5 Å². The van der Waals surface area contributed by atoms with Crippen molar-refractivity contribution in [2.45, 2.75) is 19.4 Å². The van der Waals surface area contributed by atoms with Crippen molar-refractivity contribution in [3.8, 4) is 0 Å². The molecule has 21 heavy (non-hydrogen) atoms. The van der Waals surface area contributed by atoms with E-state index >= 15 is 0 Å². The van der Waals surface area contributed by atoms with Crippen LogP contribution < -0.4 is 10.6 Å². The van der Waals surface area contributed by atoms with Crippen molar-refractivity contribution < 1.29 is 13.2 Å². The molecule has 0 spiro atoms.